The van der Waals surface area contributed by atoms with Crippen LogP contribution >= 0.6 is 12.6 Å². The van der Waals surface area contributed by atoms with E-state index in [9.17, 15) is 4.79 Å². The standard InChI is InChI=1S/C10H8N2OS.Zn/c13-10(12-6-5-11-7-12)8-3-1-2-4-9(8)14;/h1-7,14H;. The Hall–Kier alpha value is -0.927. The van der Waals surface area contributed by atoms with Gasteiger partial charge in [-0.3, -0.25) is 9.36 Å². The Morgan fingerprint density at radius 3 is 2.67 bits per heavy atom. The number of nitrogens with zero attached hydrogens (tertiary/aromatic N) is 2. The smallest absolute Gasteiger partial charge is 0.264 e. The second-order valence-corrected chi connectivity index (χ2v) is 3.27. The molecule has 0 aliphatic rings. The molecular formula is C10H8N2OSZn. The van der Waals surface area contributed by atoms with Crippen molar-refractivity contribution in [1.29, 1.82) is 0 Å². The van der Waals surface area contributed by atoms with Gasteiger partial charge in [0.25, 0.3) is 5.91 Å². The fraction of sp³-hybridized carbons (Fsp3) is 0. The SMILES string of the molecule is O=C(c1ccccc1S)n1ccnc1.[Zn]. The minimum Gasteiger partial charge on any atom is -0.272 e. The number of hydrogen-bond acceptors (Lipinski definition) is 3. The van der Waals surface area contributed by atoms with Crippen molar-refractivity contribution in [1.82, 2.24) is 9.55 Å². The number of thiol groups is 1. The molecule has 3 nitrogen and oxygen atoms in total. The number of benzene rings is 1. The number of rotatable bonds is 1. The van der Waals surface area contributed by atoms with Crippen molar-refractivity contribution in [3.8, 4) is 0 Å². The van der Waals surface area contributed by atoms with E-state index in [1.54, 1.807) is 24.5 Å². The average molecular weight is 270 g/mol. The first-order chi connectivity index (χ1) is 6.79. The molecule has 0 atom stereocenters. The zero-order valence-corrected chi connectivity index (χ0v) is 11.9. The van der Waals surface area contributed by atoms with E-state index in [0.29, 0.717) is 10.5 Å². The summed E-state index contributed by atoms with van der Waals surface area (Å²) in [6.07, 6.45) is 4.66. The minimum atomic E-state index is -0.117. The van der Waals surface area contributed by atoms with E-state index in [1.165, 1.54) is 10.9 Å². The summed E-state index contributed by atoms with van der Waals surface area (Å²) in [7, 11) is 0. The van der Waals surface area contributed by atoms with Crippen LogP contribution in [-0.4, -0.2) is 15.5 Å². The summed E-state index contributed by atoms with van der Waals surface area (Å²) >= 11 is 4.21. The summed E-state index contributed by atoms with van der Waals surface area (Å²) in [4.78, 5) is 16.3. The van der Waals surface area contributed by atoms with Crippen molar-refractivity contribution < 1.29 is 24.3 Å². The van der Waals surface area contributed by atoms with Crippen LogP contribution in [0.1, 0.15) is 10.4 Å². The Morgan fingerprint density at radius 1 is 1.33 bits per heavy atom. The molecule has 1 aromatic heterocycles. The van der Waals surface area contributed by atoms with E-state index in [-0.39, 0.29) is 25.4 Å². The predicted molar refractivity (Wildman–Crippen MR) is 55.6 cm³/mol. The molecule has 1 heterocycles. The van der Waals surface area contributed by atoms with Gasteiger partial charge in [0.15, 0.2) is 0 Å². The van der Waals surface area contributed by atoms with Crippen LogP contribution in [0.25, 0.3) is 0 Å². The van der Waals surface area contributed by atoms with Gasteiger partial charge < -0.3 is 0 Å². The zero-order valence-electron chi connectivity index (χ0n) is 8.00. The van der Waals surface area contributed by atoms with E-state index in [2.05, 4.69) is 17.6 Å². The van der Waals surface area contributed by atoms with E-state index >= 15 is 0 Å². The van der Waals surface area contributed by atoms with Gasteiger partial charge in [0, 0.05) is 36.8 Å². The molecule has 1 aromatic carbocycles. The predicted octanol–water partition coefficient (Wildman–Crippen LogP) is 1.86. The number of hydrogen-bond donors (Lipinski definition) is 1. The van der Waals surface area contributed by atoms with Gasteiger partial charge in [0.05, 0.1) is 5.56 Å². The summed E-state index contributed by atoms with van der Waals surface area (Å²) in [5, 5.41) is 0. The van der Waals surface area contributed by atoms with Gasteiger partial charge in [0.1, 0.15) is 6.33 Å². The molecule has 0 aliphatic heterocycles. The Labute approximate surface area is 106 Å². The zero-order chi connectivity index (χ0) is 9.97. The monoisotopic (exact) mass is 268 g/mol. The molecule has 0 amide bonds. The Morgan fingerprint density at radius 2 is 2.07 bits per heavy atom. The molecule has 0 fully saturated rings. The molecule has 72 valence electrons. The van der Waals surface area contributed by atoms with Crippen LogP contribution in [0.4, 0.5) is 0 Å². The number of carbonyl (C=O) groups excluding carboxylic acids is 1. The van der Waals surface area contributed by atoms with Crippen molar-refractivity contribution in [2.75, 3.05) is 0 Å². The second-order valence-electron chi connectivity index (χ2n) is 2.79. The van der Waals surface area contributed by atoms with Gasteiger partial charge >= 0.3 is 0 Å². The molecule has 0 saturated carbocycles. The average Bonchev–Trinajstić information content (AvgIpc) is 2.70. The van der Waals surface area contributed by atoms with Gasteiger partial charge in [0.2, 0.25) is 0 Å². The normalized spacial score (nSPS) is 9.40. The summed E-state index contributed by atoms with van der Waals surface area (Å²) in [6.45, 7) is 0. The molecular weight excluding hydrogens is 262 g/mol. The number of aromatic nitrogens is 2. The molecule has 0 spiro atoms. The first-order valence-electron chi connectivity index (χ1n) is 4.09. The Balaban J connectivity index is 0.00000112. The molecule has 2 aromatic rings. The fourth-order valence-electron chi connectivity index (χ4n) is 1.17. The van der Waals surface area contributed by atoms with Gasteiger partial charge in [-0.15, -0.1) is 12.6 Å². The van der Waals surface area contributed by atoms with Crippen molar-refractivity contribution in [2.45, 2.75) is 4.90 Å². The van der Waals surface area contributed by atoms with Crippen molar-refractivity contribution >= 4 is 18.5 Å². The van der Waals surface area contributed by atoms with Crippen LogP contribution in [0, 0.1) is 0 Å². The van der Waals surface area contributed by atoms with E-state index in [1.807, 2.05) is 12.1 Å². The van der Waals surface area contributed by atoms with Crippen LogP contribution in [0.3, 0.4) is 0 Å². The Bertz CT molecular complexity index is 456. The van der Waals surface area contributed by atoms with E-state index in [4.69, 9.17) is 0 Å². The quantitative estimate of drug-likeness (QED) is 0.633. The molecule has 0 aliphatic carbocycles. The summed E-state index contributed by atoms with van der Waals surface area (Å²) < 4.78 is 1.43. The molecule has 15 heavy (non-hydrogen) atoms. The van der Waals surface area contributed by atoms with Crippen LogP contribution in [0.2, 0.25) is 0 Å². The van der Waals surface area contributed by atoms with Crippen molar-refractivity contribution in [2.24, 2.45) is 0 Å². The maximum Gasteiger partial charge on any atom is 0.264 e. The minimum absolute atomic E-state index is 0. The molecule has 5 heteroatoms. The summed E-state index contributed by atoms with van der Waals surface area (Å²) in [5.74, 6) is -0.117. The molecule has 0 saturated heterocycles. The number of imidazole rings is 1. The van der Waals surface area contributed by atoms with Gasteiger partial charge in [-0.1, -0.05) is 12.1 Å². The topological polar surface area (TPSA) is 34.9 Å². The fourth-order valence-corrected chi connectivity index (χ4v) is 1.43. The van der Waals surface area contributed by atoms with Crippen LogP contribution in [0.5, 0.6) is 0 Å². The first-order valence-corrected chi connectivity index (χ1v) is 4.54. The maximum absolute atomic E-state index is 11.8. The van der Waals surface area contributed by atoms with Crippen molar-refractivity contribution in [3.05, 3.63) is 48.5 Å². The van der Waals surface area contributed by atoms with Crippen LogP contribution < -0.4 is 0 Å². The molecule has 0 radical (unpaired) electrons. The molecule has 0 N–H and O–H groups in total. The van der Waals surface area contributed by atoms with Gasteiger partial charge in [-0.25, -0.2) is 4.98 Å². The number of carbonyl (C=O) groups is 1. The van der Waals surface area contributed by atoms with Gasteiger partial charge in [-0.05, 0) is 12.1 Å². The summed E-state index contributed by atoms with van der Waals surface area (Å²) in [6, 6.07) is 7.18. The molecule has 0 bridgehead atoms. The Kier molecular flexibility index (Phi) is 4.24. The van der Waals surface area contributed by atoms with Crippen LogP contribution in [-0.2, 0) is 19.5 Å². The third kappa shape index (κ3) is 2.55. The maximum atomic E-state index is 11.8. The van der Waals surface area contributed by atoms with Gasteiger partial charge in [-0.2, -0.15) is 0 Å². The third-order valence-corrected chi connectivity index (χ3v) is 2.26. The summed E-state index contributed by atoms with van der Waals surface area (Å²) in [5.41, 5.74) is 0.578. The largest absolute Gasteiger partial charge is 0.272 e. The molecule has 0 unspecified atom stereocenters. The van der Waals surface area contributed by atoms with E-state index in [0.717, 1.165) is 0 Å². The first kappa shape index (κ1) is 12.1. The second kappa shape index (κ2) is 5.24. The molecule has 2 rings (SSSR count). The van der Waals surface area contributed by atoms with Crippen molar-refractivity contribution in [3.63, 3.8) is 0 Å². The van der Waals surface area contributed by atoms with E-state index < -0.39 is 0 Å². The third-order valence-electron chi connectivity index (χ3n) is 1.87. The van der Waals surface area contributed by atoms with Crippen LogP contribution in [0.15, 0.2) is 47.9 Å².